The minimum Gasteiger partial charge on any atom is -0.185 e. The molecule has 0 radical (unpaired) electrons. The average molecular weight is 174 g/mol. The number of rotatable bonds is 3. The van der Waals surface area contributed by atoms with Crippen LogP contribution in [0.15, 0.2) is 0 Å². The smallest absolute Gasteiger partial charge is 0.185 e. The molecule has 0 bridgehead atoms. The molecule has 0 aromatic carbocycles. The summed E-state index contributed by atoms with van der Waals surface area (Å²) < 4.78 is 31.3. The summed E-state index contributed by atoms with van der Waals surface area (Å²) in [4.78, 5) is 7.06. The van der Waals surface area contributed by atoms with Crippen LogP contribution in [0.2, 0.25) is 0 Å². The first-order valence-electron chi connectivity index (χ1n) is 1.17. The van der Waals surface area contributed by atoms with E-state index in [0.717, 1.165) is 0 Å². The van der Waals surface area contributed by atoms with Gasteiger partial charge < -0.3 is 0 Å². The normalized spacial score (nSPS) is 7.88. The maximum absolute atomic E-state index is 10.4. The second-order valence-corrected chi connectivity index (χ2v) is 0.556. The van der Waals surface area contributed by atoms with Gasteiger partial charge in [0.15, 0.2) is 0 Å². The zero-order chi connectivity index (χ0) is 5.70. The monoisotopic (exact) mass is 174 g/mol. The molecule has 0 saturated carbocycles. The largest absolute Gasteiger partial charge is 0.737 e. The molecule has 0 aromatic rings. The van der Waals surface area contributed by atoms with Gasteiger partial charge in [-0.2, -0.15) is 14.6 Å². The van der Waals surface area contributed by atoms with Gasteiger partial charge in [-0.3, -0.25) is 0 Å². The molecule has 0 saturated heterocycles. The van der Waals surface area contributed by atoms with Crippen molar-refractivity contribution < 1.29 is 44.6 Å². The van der Waals surface area contributed by atoms with Crippen molar-refractivity contribution in [3.8, 4) is 0 Å². The van der Waals surface area contributed by atoms with E-state index in [2.05, 4.69) is 14.6 Å². The molecule has 0 spiro atoms. The Kier molecular flexibility index (Phi) is 10.0. The van der Waals surface area contributed by atoms with Gasteiger partial charge in [0.1, 0.15) is 0 Å². The summed E-state index contributed by atoms with van der Waals surface area (Å²) in [6.07, 6.45) is 0. The van der Waals surface area contributed by atoms with E-state index in [1.54, 1.807) is 0 Å². The summed E-state index contributed by atoms with van der Waals surface area (Å²) in [5.41, 5.74) is 0. The Bertz CT molecular complexity index is 36.0. The molecule has 0 rings (SSSR count). The quantitative estimate of drug-likeness (QED) is 0.589. The second-order valence-electron chi connectivity index (χ2n) is 0.556. The van der Waals surface area contributed by atoms with E-state index in [-0.39, 0.29) is 16.5 Å². The van der Waals surface area contributed by atoms with Crippen molar-refractivity contribution in [1.82, 2.24) is 0 Å². The minimum absolute atomic E-state index is 0. The van der Waals surface area contributed by atoms with E-state index >= 15 is 0 Å². The summed E-state index contributed by atoms with van der Waals surface area (Å²) in [5.74, 6) is 0. The summed E-state index contributed by atoms with van der Waals surface area (Å²) in [5, 5.41) is 0. The number of halogens is 3. The predicted octanol–water partition coefficient (Wildman–Crippen LogP) is 0.672. The molecule has 0 amide bonds. The third-order valence-corrected chi connectivity index (χ3v) is 0.218. The predicted molar refractivity (Wildman–Crippen MR) is 12.3 cm³/mol. The minimum atomic E-state index is -2.51. The molecule has 0 N–H and O–H groups in total. The van der Waals surface area contributed by atoms with Crippen molar-refractivity contribution >= 4 is 7.32 Å². The summed E-state index contributed by atoms with van der Waals surface area (Å²) >= 11 is 0. The van der Waals surface area contributed by atoms with Gasteiger partial charge in [-0.25, -0.2) is 0 Å². The third-order valence-electron chi connectivity index (χ3n) is 0.218. The second kappa shape index (κ2) is 7.23. The molecule has 52 valence electrons. The molecule has 8 heteroatoms. The van der Waals surface area contributed by atoms with Gasteiger partial charge in [0, 0.05) is 16.5 Å². The van der Waals surface area contributed by atoms with Crippen molar-refractivity contribution in [2.24, 2.45) is 0 Å². The van der Waals surface area contributed by atoms with Gasteiger partial charge in [0.2, 0.25) is 0 Å². The van der Waals surface area contributed by atoms with Crippen LogP contribution in [-0.2, 0) is 31.1 Å². The fraction of sp³-hybridized carbons (Fsp3) is 0. The maximum atomic E-state index is 10.4. The van der Waals surface area contributed by atoms with Crippen LogP contribution < -0.4 is 0 Å². The Hall–Kier alpha value is 0.228. The van der Waals surface area contributed by atoms with E-state index in [0.29, 0.717) is 0 Å². The van der Waals surface area contributed by atoms with Gasteiger partial charge in [0.25, 0.3) is 0 Å². The number of hydrogen-bond donors (Lipinski definition) is 0. The van der Waals surface area contributed by atoms with Crippen molar-refractivity contribution in [3.63, 3.8) is 0 Å². The summed E-state index contributed by atoms with van der Waals surface area (Å²) in [6.45, 7) is 0. The van der Waals surface area contributed by atoms with Crippen LogP contribution in [-0.4, -0.2) is 7.32 Å². The van der Waals surface area contributed by atoms with Crippen LogP contribution in [0.3, 0.4) is 0 Å². The van der Waals surface area contributed by atoms with Crippen LogP contribution in [0.25, 0.3) is 0 Å². The zero-order valence-electron chi connectivity index (χ0n) is 3.25. The average Bonchev–Trinajstić information content (AvgIpc) is 1.72. The topological polar surface area (TPSA) is 27.7 Å². The van der Waals surface area contributed by atoms with E-state index < -0.39 is 7.32 Å². The van der Waals surface area contributed by atoms with Crippen LogP contribution in [0.1, 0.15) is 0 Å². The Labute approximate surface area is 52.9 Å². The van der Waals surface area contributed by atoms with E-state index in [1.807, 2.05) is 0 Å². The van der Waals surface area contributed by atoms with Crippen LogP contribution >= 0.6 is 0 Å². The summed E-state index contributed by atoms with van der Waals surface area (Å²) in [6, 6.07) is 0. The van der Waals surface area contributed by atoms with Crippen molar-refractivity contribution in [3.05, 3.63) is 0 Å². The Morgan fingerprint density at radius 2 is 1.12 bits per heavy atom. The van der Waals surface area contributed by atoms with Crippen molar-refractivity contribution in [2.75, 3.05) is 0 Å². The van der Waals surface area contributed by atoms with Gasteiger partial charge in [-0.15, -0.1) is 0 Å². The van der Waals surface area contributed by atoms with Crippen LogP contribution in [0.4, 0.5) is 13.6 Å². The molecule has 0 aliphatic carbocycles. The molecular weight excluding hydrogens is 174 g/mol. The first-order valence-corrected chi connectivity index (χ1v) is 1.17. The Morgan fingerprint density at radius 1 is 0.875 bits per heavy atom. The first-order chi connectivity index (χ1) is 3.35. The summed E-state index contributed by atoms with van der Waals surface area (Å²) in [7, 11) is -2.51. The maximum Gasteiger partial charge on any atom is 0.737 e. The third kappa shape index (κ3) is 4.39. The van der Waals surface area contributed by atoms with Crippen LogP contribution in [0.5, 0.6) is 0 Å². The van der Waals surface area contributed by atoms with E-state index in [1.165, 1.54) is 0 Å². The Morgan fingerprint density at radius 3 is 1.12 bits per heavy atom. The molecule has 0 aliphatic rings. The molecule has 0 aromatic heterocycles. The molecule has 8 heavy (non-hydrogen) atoms. The standard InChI is InChI=1S/BF3O3.Ni/c2-5-1(6-3)7-4;. The van der Waals surface area contributed by atoms with E-state index in [9.17, 15) is 13.6 Å². The van der Waals surface area contributed by atoms with Gasteiger partial charge in [-0.1, -0.05) is 13.6 Å². The van der Waals surface area contributed by atoms with Gasteiger partial charge >= 0.3 is 7.32 Å². The number of hydrogen-bond acceptors (Lipinski definition) is 3. The molecule has 0 heterocycles. The fourth-order valence-corrected chi connectivity index (χ4v) is 0.0412. The Balaban J connectivity index is 0. The molecule has 0 atom stereocenters. The van der Waals surface area contributed by atoms with Crippen molar-refractivity contribution in [2.45, 2.75) is 0 Å². The van der Waals surface area contributed by atoms with E-state index in [4.69, 9.17) is 0 Å². The van der Waals surface area contributed by atoms with Crippen molar-refractivity contribution in [1.29, 1.82) is 0 Å². The van der Waals surface area contributed by atoms with Gasteiger partial charge in [-0.05, 0) is 0 Å². The van der Waals surface area contributed by atoms with Crippen LogP contribution in [0, 0.1) is 0 Å². The molecule has 0 unspecified atom stereocenters. The molecular formula is BF3NiO3. The zero-order valence-corrected chi connectivity index (χ0v) is 4.24. The molecule has 0 fully saturated rings. The SMILES string of the molecule is FOB(OF)OF.[Ni]. The fourth-order valence-electron chi connectivity index (χ4n) is 0.0412. The molecule has 0 aliphatic heterocycles. The first kappa shape index (κ1) is 11.1. The molecule has 3 nitrogen and oxygen atoms in total. The van der Waals surface area contributed by atoms with Gasteiger partial charge in [0.05, 0.1) is 0 Å².